The van der Waals surface area contributed by atoms with Crippen molar-refractivity contribution in [1.82, 2.24) is 15.1 Å². The third kappa shape index (κ3) is 4.13. The summed E-state index contributed by atoms with van der Waals surface area (Å²) in [5.41, 5.74) is 1.19. The van der Waals surface area contributed by atoms with E-state index >= 15 is 0 Å². The Labute approximate surface area is 158 Å². The van der Waals surface area contributed by atoms with E-state index in [1.807, 2.05) is 24.3 Å². The van der Waals surface area contributed by atoms with Gasteiger partial charge in [0.2, 0.25) is 5.88 Å². The van der Waals surface area contributed by atoms with Crippen LogP contribution in [-0.2, 0) is 11.2 Å². The third-order valence-electron chi connectivity index (χ3n) is 5.02. The van der Waals surface area contributed by atoms with Gasteiger partial charge in [0.15, 0.2) is 12.4 Å². The molecular formula is C20H24N4O3. The van der Waals surface area contributed by atoms with Gasteiger partial charge in [0.25, 0.3) is 5.91 Å². The predicted octanol–water partition coefficient (Wildman–Crippen LogP) is 1.92. The molecule has 0 unspecified atom stereocenters. The number of rotatable bonds is 6. The molecule has 7 heteroatoms. The average molecular weight is 368 g/mol. The van der Waals surface area contributed by atoms with E-state index in [4.69, 9.17) is 9.47 Å². The Kier molecular flexibility index (Phi) is 5.09. The Morgan fingerprint density at radius 2 is 2.04 bits per heavy atom. The van der Waals surface area contributed by atoms with Crippen LogP contribution in [0.1, 0.15) is 18.4 Å². The van der Waals surface area contributed by atoms with Crippen LogP contribution in [0, 0.1) is 0 Å². The molecule has 7 nitrogen and oxygen atoms in total. The van der Waals surface area contributed by atoms with Crippen LogP contribution in [-0.4, -0.2) is 60.4 Å². The molecule has 142 valence electrons. The molecule has 3 heterocycles. The van der Waals surface area contributed by atoms with Crippen molar-refractivity contribution in [2.75, 3.05) is 38.2 Å². The second-order valence-electron chi connectivity index (χ2n) is 7.04. The van der Waals surface area contributed by atoms with Crippen LogP contribution in [0.5, 0.6) is 11.6 Å². The lowest BCUT2D eigenvalue weighted by molar-refractivity contribution is -0.133. The van der Waals surface area contributed by atoms with Crippen molar-refractivity contribution in [2.45, 2.75) is 25.4 Å². The Bertz CT molecular complexity index is 765. The minimum atomic E-state index is -0.111. The predicted molar refractivity (Wildman–Crippen MR) is 101 cm³/mol. The van der Waals surface area contributed by atoms with Gasteiger partial charge in [0, 0.05) is 32.6 Å². The SMILES string of the molecule is CN(C[C@@H]1Cc2ccccc2O1)C(=O)COc1ccc(N2CCCC2)nn1. The van der Waals surface area contributed by atoms with Gasteiger partial charge in [0.05, 0.1) is 6.54 Å². The quantitative estimate of drug-likeness (QED) is 0.776. The molecule has 1 aromatic carbocycles. The standard InChI is InChI=1S/C20H24N4O3/c1-23(13-16-12-15-6-2-3-7-17(15)27-16)20(25)14-26-19-9-8-18(21-22-19)24-10-4-5-11-24/h2-3,6-9,16H,4-5,10-14H2,1H3/t16-/m0/s1. The van der Waals surface area contributed by atoms with Gasteiger partial charge in [0.1, 0.15) is 11.9 Å². The summed E-state index contributed by atoms with van der Waals surface area (Å²) in [6, 6.07) is 11.6. The van der Waals surface area contributed by atoms with Crippen LogP contribution >= 0.6 is 0 Å². The number of para-hydroxylation sites is 1. The Hall–Kier alpha value is -2.83. The number of hydrogen-bond acceptors (Lipinski definition) is 6. The number of likely N-dealkylation sites (N-methyl/N-ethyl adjacent to an activating group) is 1. The summed E-state index contributed by atoms with van der Waals surface area (Å²) in [7, 11) is 1.76. The molecule has 2 aromatic rings. The molecule has 1 fully saturated rings. The number of aromatic nitrogens is 2. The van der Waals surface area contributed by atoms with Gasteiger partial charge in [-0.05, 0) is 30.5 Å². The van der Waals surface area contributed by atoms with E-state index < -0.39 is 0 Å². The molecule has 1 aromatic heterocycles. The molecular weight excluding hydrogens is 344 g/mol. The number of carbonyl (C=O) groups is 1. The van der Waals surface area contributed by atoms with Gasteiger partial charge in [-0.25, -0.2) is 0 Å². The Morgan fingerprint density at radius 3 is 2.78 bits per heavy atom. The van der Waals surface area contributed by atoms with Crippen LogP contribution in [0.4, 0.5) is 5.82 Å². The van der Waals surface area contributed by atoms with Gasteiger partial charge < -0.3 is 19.3 Å². The highest BCUT2D eigenvalue weighted by Crippen LogP contribution is 2.28. The van der Waals surface area contributed by atoms with E-state index in [1.165, 1.54) is 18.4 Å². The number of amides is 1. The maximum Gasteiger partial charge on any atom is 0.260 e. The summed E-state index contributed by atoms with van der Waals surface area (Å²) < 4.78 is 11.4. The summed E-state index contributed by atoms with van der Waals surface area (Å²) in [6.45, 7) is 2.50. The molecule has 1 atom stereocenters. The van der Waals surface area contributed by atoms with Gasteiger partial charge in [-0.3, -0.25) is 4.79 Å². The van der Waals surface area contributed by atoms with E-state index in [9.17, 15) is 4.79 Å². The average Bonchev–Trinajstić information content (AvgIpc) is 3.35. The molecule has 0 spiro atoms. The lowest BCUT2D eigenvalue weighted by Crippen LogP contribution is -2.38. The Balaban J connectivity index is 1.24. The van der Waals surface area contributed by atoms with E-state index in [1.54, 1.807) is 18.0 Å². The summed E-state index contributed by atoms with van der Waals surface area (Å²) >= 11 is 0. The lowest BCUT2D eigenvalue weighted by Gasteiger charge is -2.21. The number of nitrogens with zero attached hydrogens (tertiary/aromatic N) is 4. The molecule has 0 bridgehead atoms. The van der Waals surface area contributed by atoms with Crippen LogP contribution in [0.15, 0.2) is 36.4 Å². The van der Waals surface area contributed by atoms with Crippen molar-refractivity contribution in [1.29, 1.82) is 0 Å². The normalized spacial score (nSPS) is 18.1. The van der Waals surface area contributed by atoms with Gasteiger partial charge >= 0.3 is 0 Å². The molecule has 1 saturated heterocycles. The first kappa shape index (κ1) is 17.6. The number of hydrogen-bond donors (Lipinski definition) is 0. The monoisotopic (exact) mass is 368 g/mol. The highest BCUT2D eigenvalue weighted by atomic mass is 16.5. The molecule has 0 aliphatic carbocycles. The first-order valence-corrected chi connectivity index (χ1v) is 9.39. The highest BCUT2D eigenvalue weighted by molar-refractivity contribution is 5.77. The van der Waals surface area contributed by atoms with Crippen molar-refractivity contribution in [2.24, 2.45) is 0 Å². The lowest BCUT2D eigenvalue weighted by atomic mass is 10.1. The smallest absolute Gasteiger partial charge is 0.260 e. The van der Waals surface area contributed by atoms with Crippen molar-refractivity contribution >= 4 is 11.7 Å². The zero-order chi connectivity index (χ0) is 18.6. The van der Waals surface area contributed by atoms with Crippen LogP contribution < -0.4 is 14.4 Å². The summed E-state index contributed by atoms with van der Waals surface area (Å²) in [5, 5.41) is 8.27. The fraction of sp³-hybridized carbons (Fsp3) is 0.450. The molecule has 0 N–H and O–H groups in total. The topological polar surface area (TPSA) is 67.8 Å². The van der Waals surface area contributed by atoms with Gasteiger partial charge in [-0.15, -0.1) is 10.2 Å². The zero-order valence-electron chi connectivity index (χ0n) is 15.5. The zero-order valence-corrected chi connectivity index (χ0v) is 15.5. The second kappa shape index (κ2) is 7.82. The Morgan fingerprint density at radius 1 is 1.22 bits per heavy atom. The van der Waals surface area contributed by atoms with Crippen LogP contribution in [0.3, 0.4) is 0 Å². The van der Waals surface area contributed by atoms with Crippen LogP contribution in [0.2, 0.25) is 0 Å². The molecule has 4 rings (SSSR count). The second-order valence-corrected chi connectivity index (χ2v) is 7.04. The summed E-state index contributed by atoms with van der Waals surface area (Å²) in [4.78, 5) is 16.2. The highest BCUT2D eigenvalue weighted by Gasteiger charge is 2.25. The number of anilines is 1. The first-order chi connectivity index (χ1) is 13.2. The van der Waals surface area contributed by atoms with E-state index in [2.05, 4.69) is 21.2 Å². The molecule has 0 radical (unpaired) electrons. The van der Waals surface area contributed by atoms with E-state index in [0.717, 1.165) is 31.1 Å². The largest absolute Gasteiger partial charge is 0.488 e. The van der Waals surface area contributed by atoms with Crippen molar-refractivity contribution in [3.8, 4) is 11.6 Å². The molecule has 1 amide bonds. The molecule has 2 aliphatic heterocycles. The number of fused-ring (bicyclic) bond motifs is 1. The van der Waals surface area contributed by atoms with Crippen molar-refractivity contribution in [3.05, 3.63) is 42.0 Å². The summed E-state index contributed by atoms with van der Waals surface area (Å²) in [5.74, 6) is 2.03. The first-order valence-electron chi connectivity index (χ1n) is 9.39. The third-order valence-corrected chi connectivity index (χ3v) is 5.02. The number of carbonyl (C=O) groups excluding carboxylic acids is 1. The van der Waals surface area contributed by atoms with Gasteiger partial charge in [-0.1, -0.05) is 18.2 Å². The maximum absolute atomic E-state index is 12.3. The van der Waals surface area contributed by atoms with Crippen LogP contribution in [0.25, 0.3) is 0 Å². The molecule has 0 saturated carbocycles. The van der Waals surface area contributed by atoms with Gasteiger partial charge in [-0.2, -0.15) is 0 Å². The van der Waals surface area contributed by atoms with Crippen molar-refractivity contribution in [3.63, 3.8) is 0 Å². The number of ether oxygens (including phenoxy) is 2. The van der Waals surface area contributed by atoms with E-state index in [0.29, 0.717) is 12.4 Å². The fourth-order valence-electron chi connectivity index (χ4n) is 3.51. The minimum absolute atomic E-state index is 0.0177. The molecule has 2 aliphatic rings. The van der Waals surface area contributed by atoms with E-state index in [-0.39, 0.29) is 18.6 Å². The fourth-order valence-corrected chi connectivity index (χ4v) is 3.51. The van der Waals surface area contributed by atoms with Crippen molar-refractivity contribution < 1.29 is 14.3 Å². The number of benzene rings is 1. The maximum atomic E-state index is 12.3. The molecule has 27 heavy (non-hydrogen) atoms. The summed E-state index contributed by atoms with van der Waals surface area (Å²) in [6.07, 6.45) is 3.18. The minimum Gasteiger partial charge on any atom is -0.488 e.